The maximum absolute atomic E-state index is 12.6. The molecule has 6 nitrogen and oxygen atoms in total. The smallest absolute Gasteiger partial charge is 0.271 e. The van der Waals surface area contributed by atoms with Gasteiger partial charge in [-0.05, 0) is 56.2 Å². The fraction of sp³-hybridized carbons (Fsp3) is 0.259. The maximum atomic E-state index is 12.6. The van der Waals surface area contributed by atoms with E-state index in [1.165, 1.54) is 5.56 Å². The summed E-state index contributed by atoms with van der Waals surface area (Å²) in [5.41, 5.74) is 6.05. The molecule has 0 atom stereocenters. The van der Waals surface area contributed by atoms with Gasteiger partial charge in [-0.1, -0.05) is 48.9 Å². The summed E-state index contributed by atoms with van der Waals surface area (Å²) in [6, 6.07) is 20.9. The Morgan fingerprint density at radius 1 is 0.909 bits per heavy atom. The molecule has 0 spiro atoms. The molecule has 0 saturated heterocycles. The van der Waals surface area contributed by atoms with Crippen LogP contribution >= 0.6 is 0 Å². The second kappa shape index (κ2) is 12.3. The molecule has 6 heteroatoms. The number of rotatable bonds is 11. The molecule has 1 amide bonds. The highest BCUT2D eigenvalue weighted by Crippen LogP contribution is 2.28. The van der Waals surface area contributed by atoms with Gasteiger partial charge in [0.1, 0.15) is 12.4 Å². The monoisotopic (exact) mass is 446 g/mol. The normalized spacial score (nSPS) is 10.8. The van der Waals surface area contributed by atoms with Gasteiger partial charge in [-0.15, -0.1) is 0 Å². The second-order valence-electron chi connectivity index (χ2n) is 7.45. The number of para-hydroxylation sites is 1. The summed E-state index contributed by atoms with van der Waals surface area (Å²) in [4.78, 5) is 12.6. The predicted molar refractivity (Wildman–Crippen MR) is 130 cm³/mol. The van der Waals surface area contributed by atoms with Crippen molar-refractivity contribution in [1.29, 1.82) is 0 Å². The topological polar surface area (TPSA) is 69.2 Å². The summed E-state index contributed by atoms with van der Waals surface area (Å²) in [7, 11) is 0. The molecule has 0 unspecified atom stereocenters. The van der Waals surface area contributed by atoms with Crippen molar-refractivity contribution < 1.29 is 19.0 Å². The highest BCUT2D eigenvalue weighted by Gasteiger charge is 2.11. The van der Waals surface area contributed by atoms with Gasteiger partial charge in [-0.25, -0.2) is 5.43 Å². The number of benzene rings is 3. The number of carbonyl (C=O) groups is 1. The molecular formula is C27H30N2O4. The number of nitrogens with zero attached hydrogens (tertiary/aromatic N) is 1. The number of amides is 1. The Hall–Kier alpha value is -3.80. The number of nitrogens with one attached hydrogen (secondary N) is 1. The molecule has 3 rings (SSSR count). The van der Waals surface area contributed by atoms with Gasteiger partial charge in [0.05, 0.1) is 19.4 Å². The molecule has 0 aliphatic heterocycles. The lowest BCUT2D eigenvalue weighted by atomic mass is 10.1. The Labute approximate surface area is 195 Å². The van der Waals surface area contributed by atoms with Crippen LogP contribution in [0.3, 0.4) is 0 Å². The van der Waals surface area contributed by atoms with Gasteiger partial charge in [0.2, 0.25) is 0 Å². The first-order valence-electron chi connectivity index (χ1n) is 11.1. The largest absolute Gasteiger partial charge is 0.490 e. The molecule has 3 aromatic carbocycles. The van der Waals surface area contributed by atoms with Crippen molar-refractivity contribution in [3.63, 3.8) is 0 Å². The number of hydrogen-bond donors (Lipinski definition) is 1. The van der Waals surface area contributed by atoms with Gasteiger partial charge in [-0.3, -0.25) is 4.79 Å². The van der Waals surface area contributed by atoms with E-state index in [1.54, 1.807) is 24.4 Å². The summed E-state index contributed by atoms with van der Waals surface area (Å²) in [5, 5.41) is 4.12. The highest BCUT2D eigenvalue weighted by molar-refractivity contribution is 5.95. The summed E-state index contributed by atoms with van der Waals surface area (Å²) in [5.74, 6) is 1.51. The van der Waals surface area contributed by atoms with E-state index in [-0.39, 0.29) is 5.91 Å². The zero-order chi connectivity index (χ0) is 23.5. The molecule has 3 aromatic rings. The van der Waals surface area contributed by atoms with E-state index >= 15 is 0 Å². The van der Waals surface area contributed by atoms with Gasteiger partial charge < -0.3 is 14.2 Å². The van der Waals surface area contributed by atoms with Crippen LogP contribution in [0.15, 0.2) is 71.8 Å². The lowest BCUT2D eigenvalue weighted by Gasteiger charge is -2.12. The van der Waals surface area contributed by atoms with Gasteiger partial charge in [0.25, 0.3) is 5.91 Å². The maximum Gasteiger partial charge on any atom is 0.271 e. The molecule has 172 valence electrons. The van der Waals surface area contributed by atoms with E-state index in [0.29, 0.717) is 42.6 Å². The number of hydrazone groups is 1. The van der Waals surface area contributed by atoms with Crippen molar-refractivity contribution in [1.82, 2.24) is 5.43 Å². The molecular weight excluding hydrogens is 416 g/mol. The van der Waals surface area contributed by atoms with Crippen LogP contribution in [0.4, 0.5) is 0 Å². The van der Waals surface area contributed by atoms with E-state index in [2.05, 4.69) is 29.6 Å². The van der Waals surface area contributed by atoms with Crippen LogP contribution in [-0.2, 0) is 6.61 Å². The van der Waals surface area contributed by atoms with Crippen LogP contribution in [0.25, 0.3) is 0 Å². The number of carbonyl (C=O) groups excluding carboxylic acids is 1. The molecule has 0 saturated carbocycles. The van der Waals surface area contributed by atoms with Crippen molar-refractivity contribution in [3.8, 4) is 17.2 Å². The third kappa shape index (κ3) is 7.10. The third-order valence-electron chi connectivity index (χ3n) is 4.77. The summed E-state index contributed by atoms with van der Waals surface area (Å²) < 4.78 is 17.3. The molecule has 0 aromatic heterocycles. The fourth-order valence-electron chi connectivity index (χ4n) is 3.04. The Kier molecular flexibility index (Phi) is 8.88. The van der Waals surface area contributed by atoms with E-state index < -0.39 is 0 Å². The fourth-order valence-corrected chi connectivity index (χ4v) is 3.04. The zero-order valence-electron chi connectivity index (χ0n) is 19.3. The van der Waals surface area contributed by atoms with E-state index in [0.717, 1.165) is 17.5 Å². The van der Waals surface area contributed by atoms with Gasteiger partial charge in [0.15, 0.2) is 11.5 Å². The minimum absolute atomic E-state index is 0.340. The lowest BCUT2D eigenvalue weighted by Crippen LogP contribution is -2.18. The van der Waals surface area contributed by atoms with Crippen molar-refractivity contribution >= 4 is 12.1 Å². The molecule has 0 aliphatic rings. The van der Waals surface area contributed by atoms with Gasteiger partial charge >= 0.3 is 0 Å². The molecule has 33 heavy (non-hydrogen) atoms. The number of aryl methyl sites for hydroxylation is 1. The van der Waals surface area contributed by atoms with Crippen LogP contribution in [-0.4, -0.2) is 25.3 Å². The second-order valence-corrected chi connectivity index (χ2v) is 7.45. The first kappa shape index (κ1) is 23.9. The highest BCUT2D eigenvalue weighted by atomic mass is 16.5. The number of ether oxygens (including phenoxy) is 3. The van der Waals surface area contributed by atoms with Gasteiger partial charge in [-0.2, -0.15) is 5.10 Å². The van der Waals surface area contributed by atoms with Crippen LogP contribution in [0.5, 0.6) is 17.2 Å². The van der Waals surface area contributed by atoms with Crippen LogP contribution < -0.4 is 19.6 Å². The summed E-state index contributed by atoms with van der Waals surface area (Å²) >= 11 is 0. The van der Waals surface area contributed by atoms with Crippen LogP contribution in [0.2, 0.25) is 0 Å². The predicted octanol–water partition coefficient (Wildman–Crippen LogP) is 5.53. The first-order chi connectivity index (χ1) is 16.1. The average Bonchev–Trinajstić information content (AvgIpc) is 2.83. The average molecular weight is 447 g/mol. The minimum Gasteiger partial charge on any atom is -0.490 e. The quantitative estimate of drug-likeness (QED) is 0.311. The Bertz CT molecular complexity index is 1080. The molecule has 0 fully saturated rings. The summed E-state index contributed by atoms with van der Waals surface area (Å²) in [6.07, 6.45) is 2.46. The summed E-state index contributed by atoms with van der Waals surface area (Å²) in [6.45, 7) is 7.48. The Balaban J connectivity index is 1.64. The minimum atomic E-state index is -0.340. The Morgan fingerprint density at radius 2 is 1.70 bits per heavy atom. The zero-order valence-corrected chi connectivity index (χ0v) is 19.3. The molecule has 1 N–H and O–H groups in total. The molecule has 0 bridgehead atoms. The molecule has 0 aliphatic carbocycles. The van der Waals surface area contributed by atoms with Crippen molar-refractivity contribution in [2.75, 3.05) is 13.2 Å². The van der Waals surface area contributed by atoms with Gasteiger partial charge in [0, 0.05) is 11.1 Å². The molecule has 0 radical (unpaired) electrons. The molecule has 0 heterocycles. The third-order valence-corrected chi connectivity index (χ3v) is 4.77. The lowest BCUT2D eigenvalue weighted by molar-refractivity contribution is 0.0954. The van der Waals surface area contributed by atoms with Crippen molar-refractivity contribution in [2.45, 2.75) is 33.8 Å². The van der Waals surface area contributed by atoms with E-state index in [9.17, 15) is 4.79 Å². The van der Waals surface area contributed by atoms with E-state index in [4.69, 9.17) is 14.2 Å². The number of hydrogen-bond acceptors (Lipinski definition) is 5. The van der Waals surface area contributed by atoms with Crippen molar-refractivity contribution in [3.05, 3.63) is 89.0 Å². The Morgan fingerprint density at radius 3 is 2.45 bits per heavy atom. The van der Waals surface area contributed by atoms with Crippen molar-refractivity contribution in [2.24, 2.45) is 5.10 Å². The van der Waals surface area contributed by atoms with Crippen LogP contribution in [0.1, 0.15) is 47.3 Å². The van der Waals surface area contributed by atoms with E-state index in [1.807, 2.05) is 50.2 Å². The van der Waals surface area contributed by atoms with Crippen LogP contribution in [0, 0.1) is 6.92 Å². The standard InChI is InChI=1S/C27H30N2O4/c1-4-16-32-25-15-14-22(17-26(25)31-5-2)27(30)29-28-18-23-8-6-7-9-24(23)33-19-21-12-10-20(3)11-13-21/h6-15,17-18H,4-5,16,19H2,1-3H3,(H,29,30)/b28-18+. The first-order valence-corrected chi connectivity index (χ1v) is 11.1. The SMILES string of the molecule is CCCOc1ccc(C(=O)N/N=C/c2ccccc2OCc2ccc(C)cc2)cc1OCC.